The van der Waals surface area contributed by atoms with Crippen LogP contribution in [0.15, 0.2) is 18.3 Å². The minimum absolute atomic E-state index is 0.0878. The minimum atomic E-state index is -0.128. The molecule has 1 aromatic heterocycles. The van der Waals surface area contributed by atoms with Crippen molar-refractivity contribution in [1.82, 2.24) is 4.57 Å². The van der Waals surface area contributed by atoms with Crippen LogP contribution in [0.5, 0.6) is 0 Å². The number of aromatic nitrogens is 1. The molecular formula is C17H25FN2. The van der Waals surface area contributed by atoms with Crippen LogP contribution in [0.1, 0.15) is 57.7 Å². The molecule has 3 heteroatoms. The van der Waals surface area contributed by atoms with Gasteiger partial charge in [0.15, 0.2) is 0 Å². The van der Waals surface area contributed by atoms with Crippen LogP contribution in [0.4, 0.5) is 4.39 Å². The smallest absolute Gasteiger partial charge is 0.127 e. The molecule has 2 nitrogen and oxygen atoms in total. The Bertz CT molecular complexity index is 609. The Kier molecular flexibility index (Phi) is 4.19. The van der Waals surface area contributed by atoms with Crippen LogP contribution >= 0.6 is 0 Å². The lowest BCUT2D eigenvalue weighted by molar-refractivity contribution is 0.533. The number of hydrogen-bond donors (Lipinski definition) is 1. The molecule has 20 heavy (non-hydrogen) atoms. The van der Waals surface area contributed by atoms with E-state index in [-0.39, 0.29) is 17.8 Å². The number of fused-ring (bicyclic) bond motifs is 1. The molecule has 110 valence electrons. The van der Waals surface area contributed by atoms with Crippen molar-refractivity contribution in [3.63, 3.8) is 0 Å². The first kappa shape index (κ1) is 15.0. The van der Waals surface area contributed by atoms with Crippen molar-refractivity contribution in [2.75, 3.05) is 0 Å². The van der Waals surface area contributed by atoms with Crippen molar-refractivity contribution in [1.29, 1.82) is 0 Å². The van der Waals surface area contributed by atoms with Gasteiger partial charge in [-0.2, -0.15) is 0 Å². The molecule has 2 N–H and O–H groups in total. The molecule has 1 heterocycles. The van der Waals surface area contributed by atoms with Gasteiger partial charge in [0.1, 0.15) is 5.82 Å². The standard InChI is InChI=1S/C17H25FN2/c1-10(2)8-20-9-15(12(5)19)14-6-16(18)13(11(3)4)7-17(14)20/h6-7,9-12H,8,19H2,1-5H3/t12-/m1/s1. The topological polar surface area (TPSA) is 30.9 Å². The summed E-state index contributed by atoms with van der Waals surface area (Å²) in [6.07, 6.45) is 2.08. The maximum atomic E-state index is 14.2. The molecule has 2 aromatic rings. The molecule has 0 aliphatic rings. The quantitative estimate of drug-likeness (QED) is 0.870. The Hall–Kier alpha value is -1.35. The van der Waals surface area contributed by atoms with Gasteiger partial charge < -0.3 is 10.3 Å². The third kappa shape index (κ3) is 2.73. The van der Waals surface area contributed by atoms with Gasteiger partial charge in [0.05, 0.1) is 0 Å². The van der Waals surface area contributed by atoms with Gasteiger partial charge in [0, 0.05) is 29.7 Å². The molecule has 0 radical (unpaired) electrons. The third-order valence-electron chi connectivity index (χ3n) is 3.70. The lowest BCUT2D eigenvalue weighted by Gasteiger charge is -2.11. The molecule has 0 unspecified atom stereocenters. The summed E-state index contributed by atoms with van der Waals surface area (Å²) in [6, 6.07) is 3.55. The Morgan fingerprint density at radius 2 is 1.75 bits per heavy atom. The number of rotatable bonds is 4. The van der Waals surface area contributed by atoms with Crippen LogP contribution in [0.3, 0.4) is 0 Å². The molecular weight excluding hydrogens is 251 g/mol. The van der Waals surface area contributed by atoms with Crippen molar-refractivity contribution >= 4 is 10.9 Å². The summed E-state index contributed by atoms with van der Waals surface area (Å²) in [5, 5.41) is 0.947. The molecule has 0 aliphatic carbocycles. The van der Waals surface area contributed by atoms with E-state index in [9.17, 15) is 4.39 Å². The van der Waals surface area contributed by atoms with Crippen LogP contribution < -0.4 is 5.73 Å². The molecule has 0 aliphatic heterocycles. The maximum Gasteiger partial charge on any atom is 0.127 e. The van der Waals surface area contributed by atoms with E-state index >= 15 is 0 Å². The monoisotopic (exact) mass is 276 g/mol. The second kappa shape index (κ2) is 5.57. The Morgan fingerprint density at radius 1 is 1.10 bits per heavy atom. The van der Waals surface area contributed by atoms with E-state index in [1.54, 1.807) is 6.07 Å². The first-order valence-electron chi connectivity index (χ1n) is 7.39. The van der Waals surface area contributed by atoms with Crippen LogP contribution in [-0.4, -0.2) is 4.57 Å². The van der Waals surface area contributed by atoms with Gasteiger partial charge in [-0.05, 0) is 42.0 Å². The summed E-state index contributed by atoms with van der Waals surface area (Å²) in [5.74, 6) is 0.594. The zero-order valence-corrected chi connectivity index (χ0v) is 13.1. The average molecular weight is 276 g/mol. The largest absolute Gasteiger partial charge is 0.347 e. The maximum absolute atomic E-state index is 14.2. The van der Waals surface area contributed by atoms with Gasteiger partial charge in [-0.15, -0.1) is 0 Å². The third-order valence-corrected chi connectivity index (χ3v) is 3.70. The predicted molar refractivity (Wildman–Crippen MR) is 83.4 cm³/mol. The molecule has 0 bridgehead atoms. The molecule has 0 fully saturated rings. The van der Waals surface area contributed by atoms with E-state index in [0.29, 0.717) is 5.92 Å². The van der Waals surface area contributed by atoms with Crippen LogP contribution in [-0.2, 0) is 6.54 Å². The first-order valence-corrected chi connectivity index (χ1v) is 7.39. The van der Waals surface area contributed by atoms with Gasteiger partial charge in [0.2, 0.25) is 0 Å². The molecule has 1 aromatic carbocycles. The summed E-state index contributed by atoms with van der Waals surface area (Å²) in [4.78, 5) is 0. The summed E-state index contributed by atoms with van der Waals surface area (Å²) >= 11 is 0. The molecule has 0 saturated carbocycles. The lowest BCUT2D eigenvalue weighted by Crippen LogP contribution is -2.05. The van der Waals surface area contributed by atoms with E-state index in [2.05, 4.69) is 24.6 Å². The Labute approximate surface area is 120 Å². The SMILES string of the molecule is CC(C)Cn1cc([C@@H](C)N)c2cc(F)c(C(C)C)cc21. The molecule has 2 rings (SSSR count). The second-order valence-corrected chi connectivity index (χ2v) is 6.46. The second-order valence-electron chi connectivity index (χ2n) is 6.46. The molecule has 0 spiro atoms. The Balaban J connectivity index is 2.70. The lowest BCUT2D eigenvalue weighted by atomic mass is 9.99. The normalized spacial score (nSPS) is 13.7. The summed E-state index contributed by atoms with van der Waals surface area (Å²) in [7, 11) is 0. The average Bonchev–Trinajstić information content (AvgIpc) is 2.65. The fourth-order valence-electron chi connectivity index (χ4n) is 2.70. The van der Waals surface area contributed by atoms with Crippen LogP contribution in [0.25, 0.3) is 10.9 Å². The van der Waals surface area contributed by atoms with Gasteiger partial charge in [-0.3, -0.25) is 0 Å². The van der Waals surface area contributed by atoms with Gasteiger partial charge >= 0.3 is 0 Å². The number of nitrogens with zero attached hydrogens (tertiary/aromatic N) is 1. The van der Waals surface area contributed by atoms with Crippen molar-refractivity contribution in [3.05, 3.63) is 35.3 Å². The fraction of sp³-hybridized carbons (Fsp3) is 0.529. The molecule has 0 saturated heterocycles. The highest BCUT2D eigenvalue weighted by molar-refractivity contribution is 5.85. The highest BCUT2D eigenvalue weighted by Crippen LogP contribution is 2.31. The molecule has 0 amide bonds. The number of benzene rings is 1. The highest BCUT2D eigenvalue weighted by Gasteiger charge is 2.16. The first-order chi connectivity index (χ1) is 9.31. The zero-order chi connectivity index (χ0) is 15.0. The van der Waals surface area contributed by atoms with E-state index < -0.39 is 0 Å². The number of nitrogens with two attached hydrogens (primary N) is 1. The van der Waals surface area contributed by atoms with Gasteiger partial charge in [-0.1, -0.05) is 27.7 Å². The van der Waals surface area contributed by atoms with Crippen LogP contribution in [0, 0.1) is 11.7 Å². The molecule has 1 atom stereocenters. The Morgan fingerprint density at radius 3 is 2.25 bits per heavy atom. The fourth-order valence-corrected chi connectivity index (χ4v) is 2.70. The van der Waals surface area contributed by atoms with Crippen molar-refractivity contribution < 1.29 is 4.39 Å². The zero-order valence-electron chi connectivity index (χ0n) is 13.1. The minimum Gasteiger partial charge on any atom is -0.347 e. The summed E-state index contributed by atoms with van der Waals surface area (Å²) < 4.78 is 16.4. The van der Waals surface area contributed by atoms with E-state index in [0.717, 1.165) is 28.6 Å². The van der Waals surface area contributed by atoms with Crippen molar-refractivity contribution in [2.45, 2.75) is 53.1 Å². The predicted octanol–water partition coefficient (Wildman–Crippen LogP) is 4.58. The van der Waals surface area contributed by atoms with Crippen LogP contribution in [0.2, 0.25) is 0 Å². The summed E-state index contributed by atoms with van der Waals surface area (Å²) in [6.45, 7) is 11.3. The summed E-state index contributed by atoms with van der Waals surface area (Å²) in [5.41, 5.74) is 8.93. The number of halogens is 1. The van der Waals surface area contributed by atoms with E-state index in [1.807, 2.05) is 26.8 Å². The van der Waals surface area contributed by atoms with Gasteiger partial charge in [0.25, 0.3) is 0 Å². The highest BCUT2D eigenvalue weighted by atomic mass is 19.1. The van der Waals surface area contributed by atoms with E-state index in [1.165, 1.54) is 0 Å². The van der Waals surface area contributed by atoms with E-state index in [4.69, 9.17) is 5.73 Å². The number of hydrogen-bond acceptors (Lipinski definition) is 1. The van der Waals surface area contributed by atoms with Crippen molar-refractivity contribution in [2.24, 2.45) is 11.7 Å². The van der Waals surface area contributed by atoms with Crippen molar-refractivity contribution in [3.8, 4) is 0 Å². The van der Waals surface area contributed by atoms with Gasteiger partial charge in [-0.25, -0.2) is 4.39 Å².